The third kappa shape index (κ3) is 9.68. The van der Waals surface area contributed by atoms with Crippen LogP contribution in [0.5, 0.6) is 0 Å². The lowest BCUT2D eigenvalue weighted by Gasteiger charge is -2.45. The highest BCUT2D eigenvalue weighted by Crippen LogP contribution is 2.65. The number of aromatic nitrogens is 4. The SMILES string of the molecule is c1ccc(-c2ccc(-c3ccc(-n4c5cc(-c6ccc7c(c6)c6cc8c(cc6n7-c6ccccc6)sc6cc7c(cc68)c6cc(-c8ccccc8)ccc6n7-c6ccc7sc8ccccc8c7c6)ccc5c5cc6c(cc54)C4(c5cc7c(cc5-6)c5ccccc5n7-c5ccccc5)c5ccccc5N(c5ccccc5)c5ccccc54)cc3)cc2)cc1. The second-order valence-electron chi connectivity index (χ2n) is 33.0. The van der Waals surface area contributed by atoms with Gasteiger partial charge in [0.25, 0.3) is 0 Å². The van der Waals surface area contributed by atoms with Gasteiger partial charge in [-0.05, 0) is 248 Å². The largest absolute Gasteiger partial charge is 0.310 e. The van der Waals surface area contributed by atoms with Crippen LogP contribution in [0.15, 0.2) is 419 Å². The third-order valence-corrected chi connectivity index (χ3v) is 29.0. The molecule has 2 aliphatic rings. The van der Waals surface area contributed by atoms with Crippen LogP contribution in [0.4, 0.5) is 17.1 Å². The van der Waals surface area contributed by atoms with Crippen molar-refractivity contribution in [2.45, 2.75) is 5.41 Å². The fraction of sp³-hybridized carbons (Fsp3) is 0.00870. The number of fused-ring (bicyclic) bond motifs is 27. The molecule has 6 aromatic heterocycles. The van der Waals surface area contributed by atoms with Gasteiger partial charge < -0.3 is 23.2 Å². The Kier molecular flexibility index (Phi) is 14.3. The summed E-state index contributed by atoms with van der Waals surface area (Å²) in [4.78, 5) is 2.50. The first-order chi connectivity index (χ1) is 60.5. The van der Waals surface area contributed by atoms with E-state index >= 15 is 0 Å². The van der Waals surface area contributed by atoms with Crippen molar-refractivity contribution in [1.82, 2.24) is 18.3 Å². The molecule has 27 rings (SSSR count). The lowest BCUT2D eigenvalue weighted by molar-refractivity contribution is 0.754. The first-order valence-electron chi connectivity index (χ1n) is 42.0. The van der Waals surface area contributed by atoms with E-state index in [4.69, 9.17) is 0 Å². The molecule has 0 saturated carbocycles. The number of thiophene rings is 2. The van der Waals surface area contributed by atoms with Gasteiger partial charge in [-0.25, -0.2) is 0 Å². The maximum atomic E-state index is 2.61. The molecule has 1 aliphatic carbocycles. The van der Waals surface area contributed by atoms with Gasteiger partial charge in [-0.15, -0.1) is 22.7 Å². The second-order valence-corrected chi connectivity index (χ2v) is 35.1. The summed E-state index contributed by atoms with van der Waals surface area (Å²) in [5, 5.41) is 14.9. The van der Waals surface area contributed by atoms with Gasteiger partial charge in [-0.3, -0.25) is 0 Å². The summed E-state index contributed by atoms with van der Waals surface area (Å²) in [7, 11) is 0. The van der Waals surface area contributed by atoms with Gasteiger partial charge in [0.15, 0.2) is 0 Å². The van der Waals surface area contributed by atoms with Crippen molar-refractivity contribution < 1.29 is 0 Å². The molecule has 19 aromatic carbocycles. The molecule has 0 radical (unpaired) electrons. The monoisotopic (exact) mass is 1580 g/mol. The lowest BCUT2D eigenvalue weighted by atomic mass is 9.64. The van der Waals surface area contributed by atoms with Crippen LogP contribution < -0.4 is 4.90 Å². The van der Waals surface area contributed by atoms with Crippen molar-refractivity contribution in [2.75, 3.05) is 4.90 Å². The average molecular weight is 1580 g/mol. The number of benzene rings is 19. The molecule has 25 aromatic rings. The van der Waals surface area contributed by atoms with Crippen LogP contribution in [0, 0.1) is 0 Å². The summed E-state index contributed by atoms with van der Waals surface area (Å²) in [6, 6.07) is 158. The van der Waals surface area contributed by atoms with Crippen molar-refractivity contribution in [3.63, 3.8) is 0 Å². The maximum absolute atomic E-state index is 2.61. The third-order valence-electron chi connectivity index (χ3n) is 26.7. The summed E-state index contributed by atoms with van der Waals surface area (Å²) >= 11 is 3.77. The molecule has 7 heterocycles. The van der Waals surface area contributed by atoms with Gasteiger partial charge >= 0.3 is 0 Å². The number of nitrogens with zero attached hydrogens (tertiary/aromatic N) is 5. The van der Waals surface area contributed by atoms with Gasteiger partial charge in [0.2, 0.25) is 0 Å². The van der Waals surface area contributed by atoms with E-state index in [2.05, 4.69) is 442 Å². The van der Waals surface area contributed by atoms with Crippen LogP contribution in [-0.4, -0.2) is 18.3 Å². The predicted octanol–water partition coefficient (Wildman–Crippen LogP) is 31.6. The van der Waals surface area contributed by atoms with E-state index in [-0.39, 0.29) is 0 Å². The van der Waals surface area contributed by atoms with E-state index in [0.29, 0.717) is 0 Å². The Labute approximate surface area is 709 Å². The molecule has 0 fully saturated rings. The Balaban J connectivity index is 0.687. The molecule has 1 aliphatic heterocycles. The van der Waals surface area contributed by atoms with Crippen molar-refractivity contribution in [1.29, 1.82) is 0 Å². The van der Waals surface area contributed by atoms with Crippen LogP contribution in [0.2, 0.25) is 0 Å². The van der Waals surface area contributed by atoms with Crippen molar-refractivity contribution >= 4 is 167 Å². The highest BCUT2D eigenvalue weighted by molar-refractivity contribution is 7.26. The lowest BCUT2D eigenvalue weighted by Crippen LogP contribution is -2.36. The summed E-state index contributed by atoms with van der Waals surface area (Å²) in [5.41, 5.74) is 33.5. The molecule has 0 atom stereocenters. The minimum Gasteiger partial charge on any atom is -0.310 e. The van der Waals surface area contributed by atoms with Gasteiger partial charge in [0, 0.05) is 112 Å². The fourth-order valence-corrected chi connectivity index (χ4v) is 23.6. The number of para-hydroxylation sites is 6. The van der Waals surface area contributed by atoms with Crippen molar-refractivity contribution in [3.05, 3.63) is 441 Å². The van der Waals surface area contributed by atoms with Crippen LogP contribution in [0.25, 0.3) is 206 Å². The van der Waals surface area contributed by atoms with E-state index in [1.165, 1.54) is 178 Å². The Morgan fingerprint density at radius 2 is 0.508 bits per heavy atom. The molecule has 0 bridgehead atoms. The Morgan fingerprint density at radius 3 is 1.08 bits per heavy atom. The molecule has 7 heteroatoms. The molecule has 0 unspecified atom stereocenters. The highest BCUT2D eigenvalue weighted by atomic mass is 32.1. The second kappa shape index (κ2) is 25.8. The van der Waals surface area contributed by atoms with Crippen molar-refractivity contribution in [2.24, 2.45) is 0 Å². The summed E-state index contributed by atoms with van der Waals surface area (Å²) in [5.74, 6) is 0. The molecular formula is C115H69N5S2. The zero-order valence-electron chi connectivity index (χ0n) is 65.9. The van der Waals surface area contributed by atoms with E-state index in [0.717, 1.165) is 67.5 Å². The zero-order chi connectivity index (χ0) is 79.6. The Hall–Kier alpha value is -15.4. The predicted molar refractivity (Wildman–Crippen MR) is 517 cm³/mol. The fourth-order valence-electron chi connectivity index (χ4n) is 21.4. The van der Waals surface area contributed by atoms with E-state index in [1.54, 1.807) is 0 Å². The Bertz CT molecular complexity index is 8680. The van der Waals surface area contributed by atoms with Gasteiger partial charge in [0.1, 0.15) is 0 Å². The number of anilines is 3. The van der Waals surface area contributed by atoms with Crippen LogP contribution in [-0.2, 0) is 5.41 Å². The molecule has 5 nitrogen and oxygen atoms in total. The number of hydrogen-bond donors (Lipinski definition) is 0. The minimum atomic E-state index is -0.781. The molecule has 122 heavy (non-hydrogen) atoms. The van der Waals surface area contributed by atoms with Crippen LogP contribution in [0.1, 0.15) is 22.3 Å². The topological polar surface area (TPSA) is 23.0 Å². The smallest absolute Gasteiger partial charge is 0.0755 e. The number of rotatable bonds is 9. The van der Waals surface area contributed by atoms with Crippen molar-refractivity contribution in [3.8, 4) is 78.4 Å². The summed E-state index contributed by atoms with van der Waals surface area (Å²) < 4.78 is 15.2. The first kappa shape index (κ1) is 67.6. The molecule has 1 spiro atoms. The molecule has 566 valence electrons. The van der Waals surface area contributed by atoms with E-state index in [1.807, 2.05) is 22.7 Å². The van der Waals surface area contributed by atoms with Gasteiger partial charge in [-0.2, -0.15) is 0 Å². The quantitative estimate of drug-likeness (QED) is 0.141. The van der Waals surface area contributed by atoms with Gasteiger partial charge in [-0.1, -0.05) is 249 Å². The normalized spacial score (nSPS) is 13.0. The molecule has 0 amide bonds. The summed E-state index contributed by atoms with van der Waals surface area (Å²) in [6.45, 7) is 0. The average Bonchev–Trinajstić information content (AvgIpc) is 1.47. The van der Waals surface area contributed by atoms with E-state index < -0.39 is 5.41 Å². The minimum absolute atomic E-state index is 0.781. The Morgan fingerprint density at radius 1 is 0.164 bits per heavy atom. The highest BCUT2D eigenvalue weighted by Gasteiger charge is 2.53. The standard InChI is InChI=1S/C115H69N5S2/c1-6-24-70(25-7-1)72-42-44-73(45-43-72)74-46-51-81(52-47-74)119-106-60-77(48-54-84(106)91-63-87-86-62-90-83-34-16-20-38-101(83)116(78-28-10-3-11-29-78)107(90)66-99(86)115(100(87)67-108(91)119)97-36-18-21-39-104(97)118(80-32-14-5-15-33-80)105-40-22-19-37-98(105)115)76-50-56-102-89(59-76)92-64-95-96-65-93-88-58-75(71-26-8-2-9-27-71)49-55-103(88)120(82-53-57-112-94(61-82)85-35-17-23-41-111(85)121-112)110(93)69-114(96)122-113(95)68-109(92)117(102)79-30-12-4-13-31-79/h1-69H. The molecule has 0 N–H and O–H groups in total. The van der Waals surface area contributed by atoms with Gasteiger partial charge in [0.05, 0.1) is 60.9 Å². The molecular weight excluding hydrogens is 1520 g/mol. The maximum Gasteiger partial charge on any atom is 0.0755 e. The first-order valence-corrected chi connectivity index (χ1v) is 43.6. The summed E-state index contributed by atoms with van der Waals surface area (Å²) in [6.07, 6.45) is 0. The van der Waals surface area contributed by atoms with Crippen LogP contribution in [0.3, 0.4) is 0 Å². The van der Waals surface area contributed by atoms with Crippen LogP contribution >= 0.6 is 22.7 Å². The van der Waals surface area contributed by atoms with E-state index in [9.17, 15) is 0 Å². The number of hydrogen-bond acceptors (Lipinski definition) is 3. The molecule has 0 saturated heterocycles. The zero-order valence-corrected chi connectivity index (χ0v) is 67.5.